The van der Waals surface area contributed by atoms with E-state index in [2.05, 4.69) is 5.32 Å². The van der Waals surface area contributed by atoms with Gasteiger partial charge in [-0.2, -0.15) is 4.31 Å². The smallest absolute Gasteiger partial charge is 0.243 e. The molecule has 2 aromatic carbocycles. The molecule has 0 aliphatic heterocycles. The van der Waals surface area contributed by atoms with Gasteiger partial charge in [0, 0.05) is 7.05 Å². The molecule has 0 bridgehead atoms. The molecule has 152 valence electrons. The van der Waals surface area contributed by atoms with Gasteiger partial charge in [0.05, 0.1) is 31.7 Å². The first-order valence-electron chi connectivity index (χ1n) is 8.86. The molecule has 0 radical (unpaired) electrons. The van der Waals surface area contributed by atoms with Crippen molar-refractivity contribution < 1.29 is 22.7 Å². The van der Waals surface area contributed by atoms with Crippen LogP contribution in [0, 0.1) is 0 Å². The van der Waals surface area contributed by atoms with Crippen molar-refractivity contribution >= 4 is 15.9 Å². The van der Waals surface area contributed by atoms with Crippen LogP contribution in [0.2, 0.25) is 0 Å². The fraction of sp³-hybridized carbons (Fsp3) is 0.350. The largest absolute Gasteiger partial charge is 0.493 e. The second kappa shape index (κ2) is 9.57. The summed E-state index contributed by atoms with van der Waals surface area (Å²) in [6, 6.07) is 13.2. The maximum atomic E-state index is 12.6. The summed E-state index contributed by atoms with van der Waals surface area (Å²) in [6.07, 6.45) is 0.635. The minimum atomic E-state index is -3.72. The first kappa shape index (κ1) is 21.7. The SMILES string of the molecule is CC[C@H](NC(=O)CN(C)S(=O)(=O)c1ccccc1)c1ccc(OC)c(OC)c1. The number of amides is 1. The minimum absolute atomic E-state index is 0.150. The average molecular weight is 407 g/mol. The molecular weight excluding hydrogens is 380 g/mol. The zero-order valence-electron chi connectivity index (χ0n) is 16.5. The van der Waals surface area contributed by atoms with Crippen molar-refractivity contribution in [3.05, 3.63) is 54.1 Å². The molecule has 0 heterocycles. The highest BCUT2D eigenvalue weighted by molar-refractivity contribution is 7.89. The number of hydrogen-bond acceptors (Lipinski definition) is 5. The van der Waals surface area contributed by atoms with Crippen LogP contribution in [0.15, 0.2) is 53.4 Å². The zero-order chi connectivity index (χ0) is 20.7. The molecule has 0 spiro atoms. The number of sulfonamides is 1. The Kier molecular flexibility index (Phi) is 7.42. The quantitative estimate of drug-likeness (QED) is 0.692. The molecule has 1 N–H and O–H groups in total. The number of nitrogens with one attached hydrogen (secondary N) is 1. The van der Waals surface area contributed by atoms with E-state index in [0.29, 0.717) is 17.9 Å². The molecule has 0 aromatic heterocycles. The van der Waals surface area contributed by atoms with Gasteiger partial charge in [0.15, 0.2) is 11.5 Å². The Labute approximate surface area is 166 Å². The summed E-state index contributed by atoms with van der Waals surface area (Å²) in [5.74, 6) is 0.779. The van der Waals surface area contributed by atoms with E-state index in [1.807, 2.05) is 13.0 Å². The highest BCUT2D eigenvalue weighted by Gasteiger charge is 2.24. The molecule has 0 unspecified atom stereocenters. The summed E-state index contributed by atoms with van der Waals surface area (Å²) in [7, 11) is 0.765. The number of rotatable bonds is 9. The van der Waals surface area contributed by atoms with Crippen LogP contribution in [0.4, 0.5) is 0 Å². The van der Waals surface area contributed by atoms with E-state index >= 15 is 0 Å². The number of likely N-dealkylation sites (N-methyl/N-ethyl adjacent to an activating group) is 1. The van der Waals surface area contributed by atoms with Gasteiger partial charge < -0.3 is 14.8 Å². The molecular formula is C20H26N2O5S. The van der Waals surface area contributed by atoms with Crippen LogP contribution in [-0.4, -0.2) is 46.4 Å². The second-order valence-corrected chi connectivity index (χ2v) is 8.26. The molecule has 28 heavy (non-hydrogen) atoms. The van der Waals surface area contributed by atoms with Gasteiger partial charge in [0.25, 0.3) is 0 Å². The van der Waals surface area contributed by atoms with E-state index in [1.54, 1.807) is 44.6 Å². The van der Waals surface area contributed by atoms with E-state index in [-0.39, 0.29) is 23.4 Å². The van der Waals surface area contributed by atoms with Crippen LogP contribution in [-0.2, 0) is 14.8 Å². The Morgan fingerprint density at radius 2 is 1.71 bits per heavy atom. The normalized spacial score (nSPS) is 12.5. The van der Waals surface area contributed by atoms with Crippen LogP contribution in [0.25, 0.3) is 0 Å². The summed E-state index contributed by atoms with van der Waals surface area (Å²) in [4.78, 5) is 12.6. The highest BCUT2D eigenvalue weighted by Crippen LogP contribution is 2.30. The zero-order valence-corrected chi connectivity index (χ0v) is 17.3. The van der Waals surface area contributed by atoms with Crippen molar-refractivity contribution in [2.45, 2.75) is 24.3 Å². The standard InChI is InChI=1S/C20H26N2O5S/c1-5-17(15-11-12-18(26-3)19(13-15)27-4)21-20(23)14-22(2)28(24,25)16-9-7-6-8-10-16/h6-13,17H,5,14H2,1-4H3,(H,21,23)/t17-/m0/s1. The molecule has 2 aromatic rings. The van der Waals surface area contributed by atoms with Crippen molar-refractivity contribution in [1.82, 2.24) is 9.62 Å². The lowest BCUT2D eigenvalue weighted by atomic mass is 10.0. The van der Waals surface area contributed by atoms with Gasteiger partial charge in [-0.25, -0.2) is 8.42 Å². The molecule has 7 nitrogen and oxygen atoms in total. The fourth-order valence-electron chi connectivity index (χ4n) is 2.79. The van der Waals surface area contributed by atoms with E-state index in [9.17, 15) is 13.2 Å². The van der Waals surface area contributed by atoms with Crippen molar-refractivity contribution in [2.75, 3.05) is 27.8 Å². The number of benzene rings is 2. The van der Waals surface area contributed by atoms with Crippen LogP contribution >= 0.6 is 0 Å². The predicted octanol–water partition coefficient (Wildman–Crippen LogP) is 2.59. The van der Waals surface area contributed by atoms with Gasteiger partial charge >= 0.3 is 0 Å². The number of methoxy groups -OCH3 is 2. The average Bonchev–Trinajstić information content (AvgIpc) is 2.71. The molecule has 2 rings (SSSR count). The summed E-state index contributed by atoms with van der Waals surface area (Å²) in [5, 5.41) is 2.88. The van der Waals surface area contributed by atoms with Gasteiger partial charge in [-0.15, -0.1) is 0 Å². The van der Waals surface area contributed by atoms with E-state index in [0.717, 1.165) is 9.87 Å². The number of carbonyl (C=O) groups is 1. The second-order valence-electron chi connectivity index (χ2n) is 6.22. The van der Waals surface area contributed by atoms with Gasteiger partial charge in [0.2, 0.25) is 15.9 Å². The Hall–Kier alpha value is -2.58. The highest BCUT2D eigenvalue weighted by atomic mass is 32.2. The van der Waals surface area contributed by atoms with Crippen molar-refractivity contribution in [2.24, 2.45) is 0 Å². The lowest BCUT2D eigenvalue weighted by molar-refractivity contribution is -0.121. The topological polar surface area (TPSA) is 84.9 Å². The Morgan fingerprint density at radius 1 is 1.07 bits per heavy atom. The summed E-state index contributed by atoms with van der Waals surface area (Å²) >= 11 is 0. The maximum absolute atomic E-state index is 12.6. The molecule has 0 saturated carbocycles. The van der Waals surface area contributed by atoms with Gasteiger partial charge in [-0.1, -0.05) is 31.2 Å². The monoisotopic (exact) mass is 406 g/mol. The number of ether oxygens (including phenoxy) is 2. The number of nitrogens with zero attached hydrogens (tertiary/aromatic N) is 1. The Balaban J connectivity index is 2.10. The molecule has 0 aliphatic rings. The number of carbonyl (C=O) groups excluding carboxylic acids is 1. The minimum Gasteiger partial charge on any atom is -0.493 e. The van der Waals surface area contributed by atoms with Gasteiger partial charge in [-0.05, 0) is 36.2 Å². The van der Waals surface area contributed by atoms with Crippen molar-refractivity contribution in [3.63, 3.8) is 0 Å². The molecule has 1 atom stereocenters. The predicted molar refractivity (Wildman–Crippen MR) is 107 cm³/mol. The first-order valence-corrected chi connectivity index (χ1v) is 10.3. The molecule has 8 heteroatoms. The van der Waals surface area contributed by atoms with Crippen LogP contribution in [0.5, 0.6) is 11.5 Å². The molecule has 0 aliphatic carbocycles. The van der Waals surface area contributed by atoms with E-state index in [4.69, 9.17) is 9.47 Å². The summed E-state index contributed by atoms with van der Waals surface area (Å²) < 4.78 is 36.7. The van der Waals surface area contributed by atoms with Crippen molar-refractivity contribution in [3.8, 4) is 11.5 Å². The maximum Gasteiger partial charge on any atom is 0.243 e. The summed E-state index contributed by atoms with van der Waals surface area (Å²) in [5.41, 5.74) is 0.849. The third-order valence-electron chi connectivity index (χ3n) is 4.37. The van der Waals surface area contributed by atoms with Crippen LogP contribution in [0.1, 0.15) is 24.9 Å². The third-order valence-corrected chi connectivity index (χ3v) is 6.19. The lowest BCUT2D eigenvalue weighted by Crippen LogP contribution is -2.39. The lowest BCUT2D eigenvalue weighted by Gasteiger charge is -2.21. The Morgan fingerprint density at radius 3 is 2.29 bits per heavy atom. The van der Waals surface area contributed by atoms with Gasteiger partial charge in [0.1, 0.15) is 0 Å². The third kappa shape index (κ3) is 5.02. The molecule has 0 saturated heterocycles. The number of hydrogen-bond donors (Lipinski definition) is 1. The van der Waals surface area contributed by atoms with Crippen LogP contribution < -0.4 is 14.8 Å². The first-order chi connectivity index (χ1) is 13.3. The fourth-order valence-corrected chi connectivity index (χ4v) is 3.94. The molecule has 1 amide bonds. The van der Waals surface area contributed by atoms with E-state index < -0.39 is 10.0 Å². The van der Waals surface area contributed by atoms with Gasteiger partial charge in [-0.3, -0.25) is 4.79 Å². The van der Waals surface area contributed by atoms with Crippen molar-refractivity contribution in [1.29, 1.82) is 0 Å². The Bertz CT molecular complexity index is 900. The molecule has 0 fully saturated rings. The van der Waals surface area contributed by atoms with E-state index in [1.165, 1.54) is 19.2 Å². The van der Waals surface area contributed by atoms with Crippen LogP contribution in [0.3, 0.4) is 0 Å². The summed E-state index contributed by atoms with van der Waals surface area (Å²) in [6.45, 7) is 1.66.